The van der Waals surface area contributed by atoms with Gasteiger partial charge in [-0.25, -0.2) is 4.39 Å². The molecule has 0 N–H and O–H groups in total. The van der Waals surface area contributed by atoms with E-state index in [2.05, 4.69) is 0 Å². The molecule has 0 radical (unpaired) electrons. The number of nitrogens with zero attached hydrogens (tertiary/aromatic N) is 1. The number of nitriles is 1. The number of hydrogen-bond donors (Lipinski definition) is 0. The van der Waals surface area contributed by atoms with E-state index >= 15 is 0 Å². The molecule has 0 atom stereocenters. The standard InChI is InChI=1S/C10H9F2NO/c1-2-3-14-9-5-7(6-13)4-8(11)10(9)12/h4-5H,2-3H2,1H3. The van der Waals surface area contributed by atoms with E-state index in [1.165, 1.54) is 6.07 Å². The van der Waals surface area contributed by atoms with Gasteiger partial charge in [0.2, 0.25) is 5.82 Å². The van der Waals surface area contributed by atoms with Crippen molar-refractivity contribution in [3.05, 3.63) is 29.3 Å². The monoisotopic (exact) mass is 197 g/mol. The summed E-state index contributed by atoms with van der Waals surface area (Å²) in [7, 11) is 0. The molecule has 0 aromatic heterocycles. The van der Waals surface area contributed by atoms with Gasteiger partial charge < -0.3 is 4.74 Å². The molecule has 4 heteroatoms. The fourth-order valence-electron chi connectivity index (χ4n) is 0.945. The predicted molar refractivity (Wildman–Crippen MR) is 46.9 cm³/mol. The van der Waals surface area contributed by atoms with Crippen molar-refractivity contribution in [2.45, 2.75) is 13.3 Å². The van der Waals surface area contributed by atoms with E-state index in [4.69, 9.17) is 10.00 Å². The molecular weight excluding hydrogens is 188 g/mol. The summed E-state index contributed by atoms with van der Waals surface area (Å²) in [5.74, 6) is -2.31. The average molecular weight is 197 g/mol. The Hall–Kier alpha value is -1.63. The molecule has 0 fully saturated rings. The van der Waals surface area contributed by atoms with Crippen molar-refractivity contribution >= 4 is 0 Å². The van der Waals surface area contributed by atoms with E-state index in [-0.39, 0.29) is 11.3 Å². The van der Waals surface area contributed by atoms with Gasteiger partial charge in [-0.1, -0.05) is 6.92 Å². The number of benzene rings is 1. The minimum atomic E-state index is -1.06. The molecule has 0 aliphatic carbocycles. The smallest absolute Gasteiger partial charge is 0.200 e. The van der Waals surface area contributed by atoms with Gasteiger partial charge in [-0.05, 0) is 12.5 Å². The maximum atomic E-state index is 13.0. The maximum absolute atomic E-state index is 13.0. The lowest BCUT2D eigenvalue weighted by Gasteiger charge is -2.06. The lowest BCUT2D eigenvalue weighted by Crippen LogP contribution is -2.00. The zero-order valence-electron chi connectivity index (χ0n) is 7.68. The highest BCUT2D eigenvalue weighted by atomic mass is 19.2. The van der Waals surface area contributed by atoms with E-state index in [0.29, 0.717) is 13.0 Å². The van der Waals surface area contributed by atoms with Crippen molar-refractivity contribution < 1.29 is 13.5 Å². The highest BCUT2D eigenvalue weighted by molar-refractivity contribution is 5.38. The highest BCUT2D eigenvalue weighted by Crippen LogP contribution is 2.21. The summed E-state index contributed by atoms with van der Waals surface area (Å²) in [6.07, 6.45) is 0.692. The Balaban J connectivity index is 3.02. The second-order valence-corrected chi connectivity index (χ2v) is 2.73. The first-order valence-electron chi connectivity index (χ1n) is 4.21. The van der Waals surface area contributed by atoms with Crippen LogP contribution in [0.5, 0.6) is 5.75 Å². The summed E-state index contributed by atoms with van der Waals surface area (Å²) in [6.45, 7) is 2.15. The number of ether oxygens (including phenoxy) is 1. The molecule has 0 heterocycles. The molecule has 1 rings (SSSR count). The molecule has 1 aromatic carbocycles. The zero-order chi connectivity index (χ0) is 10.6. The summed E-state index contributed by atoms with van der Waals surface area (Å²) >= 11 is 0. The van der Waals surface area contributed by atoms with Gasteiger partial charge in [0, 0.05) is 6.07 Å². The molecule has 0 aliphatic heterocycles. The normalized spacial score (nSPS) is 9.57. The summed E-state index contributed by atoms with van der Waals surface area (Å²) in [5, 5.41) is 8.51. The predicted octanol–water partition coefficient (Wildman–Crippen LogP) is 2.63. The van der Waals surface area contributed by atoms with Gasteiger partial charge >= 0.3 is 0 Å². The molecule has 0 saturated heterocycles. The third-order valence-corrected chi connectivity index (χ3v) is 1.59. The van der Waals surface area contributed by atoms with Crippen LogP contribution in [0.4, 0.5) is 8.78 Å². The molecule has 1 aromatic rings. The Morgan fingerprint density at radius 1 is 1.43 bits per heavy atom. The molecule has 0 amide bonds. The number of rotatable bonds is 3. The van der Waals surface area contributed by atoms with Crippen LogP contribution in [0.25, 0.3) is 0 Å². The van der Waals surface area contributed by atoms with Crippen molar-refractivity contribution in [2.24, 2.45) is 0 Å². The van der Waals surface area contributed by atoms with E-state index in [9.17, 15) is 8.78 Å². The Kier molecular flexibility index (Phi) is 3.41. The molecule has 0 saturated carbocycles. The van der Waals surface area contributed by atoms with Gasteiger partial charge in [0.05, 0.1) is 18.2 Å². The molecule has 0 spiro atoms. The van der Waals surface area contributed by atoms with Crippen molar-refractivity contribution in [2.75, 3.05) is 6.61 Å². The van der Waals surface area contributed by atoms with E-state index in [1.54, 1.807) is 6.07 Å². The van der Waals surface area contributed by atoms with Gasteiger partial charge in [0.1, 0.15) is 0 Å². The van der Waals surface area contributed by atoms with Crippen LogP contribution in [-0.2, 0) is 0 Å². The molecule has 0 unspecified atom stereocenters. The van der Waals surface area contributed by atoms with Crippen LogP contribution in [0.15, 0.2) is 12.1 Å². The van der Waals surface area contributed by atoms with Crippen molar-refractivity contribution in [1.82, 2.24) is 0 Å². The Labute approximate surface area is 80.7 Å². The molecule has 74 valence electrons. The molecule has 14 heavy (non-hydrogen) atoms. The Bertz CT molecular complexity index is 371. The summed E-state index contributed by atoms with van der Waals surface area (Å²) < 4.78 is 30.8. The first kappa shape index (κ1) is 10.5. The van der Waals surface area contributed by atoms with E-state index in [1.807, 2.05) is 6.92 Å². The topological polar surface area (TPSA) is 33.0 Å². The van der Waals surface area contributed by atoms with E-state index in [0.717, 1.165) is 6.07 Å². The van der Waals surface area contributed by atoms with Gasteiger partial charge in [0.25, 0.3) is 0 Å². The van der Waals surface area contributed by atoms with Gasteiger partial charge in [-0.15, -0.1) is 0 Å². The molecular formula is C10H9F2NO. The number of hydrogen-bond acceptors (Lipinski definition) is 2. The summed E-state index contributed by atoms with van der Waals surface area (Å²) in [4.78, 5) is 0. The van der Waals surface area contributed by atoms with Gasteiger partial charge in [0.15, 0.2) is 11.6 Å². The average Bonchev–Trinajstić information content (AvgIpc) is 2.20. The summed E-state index contributed by atoms with van der Waals surface area (Å²) in [6, 6.07) is 3.76. The third-order valence-electron chi connectivity index (χ3n) is 1.59. The highest BCUT2D eigenvalue weighted by Gasteiger charge is 2.11. The zero-order valence-corrected chi connectivity index (χ0v) is 7.68. The van der Waals surface area contributed by atoms with E-state index < -0.39 is 11.6 Å². The molecule has 2 nitrogen and oxygen atoms in total. The Morgan fingerprint density at radius 3 is 2.71 bits per heavy atom. The molecule has 0 aliphatic rings. The number of halogens is 2. The second-order valence-electron chi connectivity index (χ2n) is 2.73. The quantitative estimate of drug-likeness (QED) is 0.746. The fraction of sp³-hybridized carbons (Fsp3) is 0.300. The van der Waals surface area contributed by atoms with Crippen LogP contribution in [0, 0.1) is 23.0 Å². The summed E-state index contributed by atoms with van der Waals surface area (Å²) in [5.41, 5.74) is 0.0509. The minimum Gasteiger partial charge on any atom is -0.490 e. The SMILES string of the molecule is CCCOc1cc(C#N)cc(F)c1F. The first-order chi connectivity index (χ1) is 6.69. The Morgan fingerprint density at radius 2 is 2.14 bits per heavy atom. The fourth-order valence-corrected chi connectivity index (χ4v) is 0.945. The minimum absolute atomic E-state index is 0.0509. The van der Waals surface area contributed by atoms with Crippen molar-refractivity contribution in [3.8, 4) is 11.8 Å². The van der Waals surface area contributed by atoms with Crippen LogP contribution < -0.4 is 4.74 Å². The van der Waals surface area contributed by atoms with Crippen molar-refractivity contribution in [3.63, 3.8) is 0 Å². The van der Waals surface area contributed by atoms with Crippen LogP contribution in [-0.4, -0.2) is 6.61 Å². The van der Waals surface area contributed by atoms with Crippen molar-refractivity contribution in [1.29, 1.82) is 5.26 Å². The largest absolute Gasteiger partial charge is 0.490 e. The second kappa shape index (κ2) is 4.56. The maximum Gasteiger partial charge on any atom is 0.200 e. The van der Waals surface area contributed by atoms with Gasteiger partial charge in [-0.2, -0.15) is 9.65 Å². The third kappa shape index (κ3) is 2.19. The molecule has 0 bridgehead atoms. The van der Waals surface area contributed by atoms with Crippen LogP contribution in [0.3, 0.4) is 0 Å². The lowest BCUT2D eigenvalue weighted by molar-refractivity contribution is 0.295. The van der Waals surface area contributed by atoms with Crippen LogP contribution >= 0.6 is 0 Å². The first-order valence-corrected chi connectivity index (χ1v) is 4.21. The van der Waals surface area contributed by atoms with Crippen LogP contribution in [0.1, 0.15) is 18.9 Å². The lowest BCUT2D eigenvalue weighted by atomic mass is 10.2. The van der Waals surface area contributed by atoms with Gasteiger partial charge in [-0.3, -0.25) is 0 Å². The van der Waals surface area contributed by atoms with Crippen LogP contribution in [0.2, 0.25) is 0 Å².